The monoisotopic (exact) mass is 446 g/mol. The summed E-state index contributed by atoms with van der Waals surface area (Å²) in [4.78, 5) is 47.0. The van der Waals surface area contributed by atoms with Crippen LogP contribution in [0.1, 0.15) is 45.1 Å². The second-order valence-electron chi connectivity index (χ2n) is 8.01. The molecule has 0 aromatic heterocycles. The number of nitro benzene ring substituents is 1. The number of nitrogens with zero attached hydrogens (tertiary/aromatic N) is 1. The van der Waals surface area contributed by atoms with Gasteiger partial charge in [-0.15, -0.1) is 0 Å². The fourth-order valence-electron chi connectivity index (χ4n) is 3.92. The van der Waals surface area contributed by atoms with E-state index in [9.17, 15) is 19.7 Å². The molecule has 0 spiro atoms. The van der Waals surface area contributed by atoms with E-state index < -0.39 is 28.4 Å². The van der Waals surface area contributed by atoms with Gasteiger partial charge in [-0.1, -0.05) is 12.1 Å². The number of rotatable bonds is 6. The van der Waals surface area contributed by atoms with Crippen LogP contribution in [0.2, 0.25) is 0 Å². The molecular formula is C22H26N2O8. The molecule has 2 aliphatic heterocycles. The first-order valence-electron chi connectivity index (χ1n) is 10.2. The number of esters is 2. The fourth-order valence-corrected chi connectivity index (χ4v) is 3.92. The molecule has 0 amide bonds. The number of hydrogen-bond donors (Lipinski definition) is 1. The smallest absolute Gasteiger partial charge is 0.336 e. The molecule has 0 saturated carbocycles. The van der Waals surface area contributed by atoms with Crippen LogP contribution in [0.4, 0.5) is 5.69 Å². The Balaban J connectivity index is 2.00. The van der Waals surface area contributed by atoms with Crippen LogP contribution in [-0.2, 0) is 28.8 Å². The number of nitro groups is 1. The van der Waals surface area contributed by atoms with Crippen LogP contribution in [-0.4, -0.2) is 42.8 Å². The molecule has 2 heterocycles. The number of carbonyl (C=O) groups is 2. The second-order valence-corrected chi connectivity index (χ2v) is 8.01. The third kappa shape index (κ3) is 4.81. The zero-order valence-electron chi connectivity index (χ0n) is 18.4. The van der Waals surface area contributed by atoms with Gasteiger partial charge in [0.15, 0.2) is 0 Å². The van der Waals surface area contributed by atoms with Crippen molar-refractivity contribution >= 4 is 17.6 Å². The number of dihydropyridines is 1. The molecule has 10 nitrogen and oxygen atoms in total. The fraction of sp³-hybridized carbons (Fsp3) is 0.455. The lowest BCUT2D eigenvalue weighted by Crippen LogP contribution is -2.40. The van der Waals surface area contributed by atoms with Crippen molar-refractivity contribution in [1.29, 1.82) is 0 Å². The number of nitrogens with one attached hydrogen (secondary N) is 1. The molecule has 2 unspecified atom stereocenters. The van der Waals surface area contributed by atoms with Crippen LogP contribution in [0.15, 0.2) is 46.8 Å². The highest BCUT2D eigenvalue weighted by Gasteiger charge is 2.39. The molecule has 32 heavy (non-hydrogen) atoms. The van der Waals surface area contributed by atoms with Gasteiger partial charge in [0.2, 0.25) is 0 Å². The van der Waals surface area contributed by atoms with E-state index in [1.165, 1.54) is 25.3 Å². The number of benzene rings is 1. The van der Waals surface area contributed by atoms with Crippen molar-refractivity contribution in [3.05, 3.63) is 62.5 Å². The summed E-state index contributed by atoms with van der Waals surface area (Å²) in [6, 6.07) is 5.81. The van der Waals surface area contributed by atoms with Gasteiger partial charge in [-0.3, -0.25) is 10.1 Å². The van der Waals surface area contributed by atoms with Crippen LogP contribution in [0, 0.1) is 10.1 Å². The molecule has 3 rings (SSSR count). The Morgan fingerprint density at radius 1 is 1.25 bits per heavy atom. The summed E-state index contributed by atoms with van der Waals surface area (Å²) < 4.78 is 10.5. The van der Waals surface area contributed by atoms with E-state index in [0.29, 0.717) is 30.0 Å². The molecule has 1 saturated heterocycles. The quantitative estimate of drug-likeness (QED) is 0.304. The van der Waals surface area contributed by atoms with Gasteiger partial charge >= 0.3 is 11.9 Å². The Labute approximate surface area is 185 Å². The van der Waals surface area contributed by atoms with Gasteiger partial charge in [0.25, 0.3) is 5.69 Å². The molecular weight excluding hydrogens is 420 g/mol. The van der Waals surface area contributed by atoms with Gasteiger partial charge < -0.3 is 14.8 Å². The van der Waals surface area contributed by atoms with Crippen molar-refractivity contribution in [2.24, 2.45) is 0 Å². The van der Waals surface area contributed by atoms with Crippen LogP contribution in [0.25, 0.3) is 0 Å². The molecule has 1 fully saturated rings. The number of allylic oxidation sites excluding steroid dienone is 2. The van der Waals surface area contributed by atoms with Crippen molar-refractivity contribution in [3.63, 3.8) is 0 Å². The molecule has 1 aromatic rings. The van der Waals surface area contributed by atoms with Gasteiger partial charge in [-0.05, 0) is 39.2 Å². The molecule has 172 valence electrons. The van der Waals surface area contributed by atoms with E-state index >= 15 is 0 Å². The van der Waals surface area contributed by atoms with Crippen LogP contribution in [0.5, 0.6) is 0 Å². The van der Waals surface area contributed by atoms with E-state index in [1.807, 2.05) is 0 Å². The largest absolute Gasteiger partial charge is 0.466 e. The topological polar surface area (TPSA) is 126 Å². The molecule has 0 bridgehead atoms. The first-order chi connectivity index (χ1) is 15.2. The highest BCUT2D eigenvalue weighted by atomic mass is 17.2. The summed E-state index contributed by atoms with van der Waals surface area (Å²) in [5, 5.41) is 14.4. The van der Waals surface area contributed by atoms with E-state index in [0.717, 1.165) is 6.42 Å². The Hall–Kier alpha value is -3.24. The number of non-ortho nitro benzene ring substituents is 1. The highest BCUT2D eigenvalue weighted by molar-refractivity contribution is 5.99. The predicted molar refractivity (Wildman–Crippen MR) is 112 cm³/mol. The summed E-state index contributed by atoms with van der Waals surface area (Å²) in [7, 11) is 1.23. The summed E-state index contributed by atoms with van der Waals surface area (Å²) >= 11 is 0. The maximum Gasteiger partial charge on any atom is 0.336 e. The number of ether oxygens (including phenoxy) is 2. The second kappa shape index (κ2) is 9.49. The lowest BCUT2D eigenvalue weighted by molar-refractivity contribution is -0.384. The zero-order valence-corrected chi connectivity index (χ0v) is 18.4. The SMILES string of the molecule is COC(=O)C1=C(C)NC(C)=C(C(=O)OCC2(C)CCCOO2)C1c1cccc([N+](=O)[O-])c1. The third-order valence-electron chi connectivity index (χ3n) is 5.50. The molecule has 0 aliphatic carbocycles. The number of methoxy groups -OCH3 is 1. The first kappa shape index (κ1) is 23.4. The maximum atomic E-state index is 13.2. The highest BCUT2D eigenvalue weighted by Crippen LogP contribution is 2.40. The van der Waals surface area contributed by atoms with Crippen molar-refractivity contribution in [3.8, 4) is 0 Å². The molecule has 2 atom stereocenters. The van der Waals surface area contributed by atoms with Crippen LogP contribution < -0.4 is 5.32 Å². The van der Waals surface area contributed by atoms with Crippen molar-refractivity contribution in [2.75, 3.05) is 20.3 Å². The number of hydrogen-bond acceptors (Lipinski definition) is 9. The van der Waals surface area contributed by atoms with E-state index in [-0.39, 0.29) is 23.4 Å². The lowest BCUT2D eigenvalue weighted by atomic mass is 9.80. The summed E-state index contributed by atoms with van der Waals surface area (Å²) in [5.74, 6) is -2.23. The average Bonchev–Trinajstić information content (AvgIpc) is 2.77. The summed E-state index contributed by atoms with van der Waals surface area (Å²) in [5.41, 5.74) is 0.748. The van der Waals surface area contributed by atoms with Crippen LogP contribution >= 0.6 is 0 Å². The van der Waals surface area contributed by atoms with Crippen molar-refractivity contribution in [1.82, 2.24) is 5.32 Å². The summed E-state index contributed by atoms with van der Waals surface area (Å²) in [6.45, 7) is 5.55. The third-order valence-corrected chi connectivity index (χ3v) is 5.50. The van der Waals surface area contributed by atoms with Gasteiger partial charge in [0.05, 0.1) is 35.7 Å². The normalized spacial score (nSPS) is 23.4. The van der Waals surface area contributed by atoms with Gasteiger partial charge in [-0.25, -0.2) is 19.4 Å². The van der Waals surface area contributed by atoms with Crippen molar-refractivity contribution in [2.45, 2.75) is 45.1 Å². The molecule has 1 aromatic carbocycles. The van der Waals surface area contributed by atoms with Crippen LogP contribution in [0.3, 0.4) is 0 Å². The van der Waals surface area contributed by atoms with Gasteiger partial charge in [0, 0.05) is 23.5 Å². The Kier molecular flexibility index (Phi) is 6.95. The van der Waals surface area contributed by atoms with E-state index in [4.69, 9.17) is 19.2 Å². The predicted octanol–water partition coefficient (Wildman–Crippen LogP) is 3.05. The van der Waals surface area contributed by atoms with Gasteiger partial charge in [0.1, 0.15) is 12.2 Å². The van der Waals surface area contributed by atoms with E-state index in [2.05, 4.69) is 5.32 Å². The molecule has 1 N–H and O–H groups in total. The Bertz CT molecular complexity index is 991. The summed E-state index contributed by atoms with van der Waals surface area (Å²) in [6.07, 6.45) is 1.42. The average molecular weight is 446 g/mol. The first-order valence-corrected chi connectivity index (χ1v) is 10.2. The molecule has 2 aliphatic rings. The van der Waals surface area contributed by atoms with E-state index in [1.54, 1.807) is 26.8 Å². The van der Waals surface area contributed by atoms with Crippen molar-refractivity contribution < 1.29 is 33.8 Å². The lowest BCUT2D eigenvalue weighted by Gasteiger charge is -2.33. The number of carbonyl (C=O) groups excluding carboxylic acids is 2. The molecule has 10 heteroatoms. The minimum absolute atomic E-state index is 0.0550. The maximum absolute atomic E-state index is 13.2. The minimum Gasteiger partial charge on any atom is -0.466 e. The molecule has 0 radical (unpaired) electrons. The van der Waals surface area contributed by atoms with Gasteiger partial charge in [-0.2, -0.15) is 0 Å². The standard InChI is InChI=1S/C22H26N2O8/c1-13-17(20(25)29-4)19(15-7-5-8-16(11-15)24(27)28)18(14(2)23-13)21(26)30-12-22(3)9-6-10-31-32-22/h5,7-8,11,19,23H,6,9-10,12H2,1-4H3. The minimum atomic E-state index is -0.910. The Morgan fingerprint density at radius 3 is 2.53 bits per heavy atom. The Morgan fingerprint density at radius 2 is 1.94 bits per heavy atom. The zero-order chi connectivity index (χ0) is 23.5.